The van der Waals surface area contributed by atoms with Crippen LogP contribution in [-0.4, -0.2) is 15.0 Å². The molecule has 0 amide bonds. The lowest BCUT2D eigenvalue weighted by molar-refractivity contribution is 1.08. The van der Waals surface area contributed by atoms with Crippen LogP contribution in [0.1, 0.15) is 0 Å². The minimum Gasteiger partial charge on any atom is -0.208 e. The van der Waals surface area contributed by atoms with Gasteiger partial charge >= 0.3 is 0 Å². The first-order valence-electron chi connectivity index (χ1n) is 16.7. The first kappa shape index (κ1) is 27.9. The highest BCUT2D eigenvalue weighted by molar-refractivity contribution is 7.28. The number of benzene rings is 8. The van der Waals surface area contributed by atoms with Crippen molar-refractivity contribution in [3.05, 3.63) is 152 Å². The van der Waals surface area contributed by atoms with Crippen LogP contribution in [0.5, 0.6) is 0 Å². The number of hydrogen-bond acceptors (Lipinski definition) is 5. The number of hydrogen-bond donors (Lipinski definition) is 0. The molecule has 0 aliphatic carbocycles. The molecule has 0 fully saturated rings. The predicted octanol–water partition coefficient (Wildman–Crippen LogP) is 13.1. The Bertz CT molecular complexity index is 3160. The summed E-state index contributed by atoms with van der Waals surface area (Å²) in [6.07, 6.45) is 0. The van der Waals surface area contributed by atoms with Gasteiger partial charge in [0.15, 0.2) is 17.5 Å². The molecule has 0 bridgehead atoms. The second kappa shape index (κ2) is 10.7. The van der Waals surface area contributed by atoms with Crippen LogP contribution in [0.2, 0.25) is 0 Å². The molecule has 0 aliphatic heterocycles. The summed E-state index contributed by atoms with van der Waals surface area (Å²) in [5, 5.41) is 12.3. The lowest BCUT2D eigenvalue weighted by atomic mass is 9.95. The van der Waals surface area contributed by atoms with Gasteiger partial charge in [-0.3, -0.25) is 0 Å². The van der Waals surface area contributed by atoms with Gasteiger partial charge in [0, 0.05) is 62.4 Å². The van der Waals surface area contributed by atoms with Crippen molar-refractivity contribution < 1.29 is 0 Å². The van der Waals surface area contributed by atoms with Gasteiger partial charge in [0.25, 0.3) is 0 Å². The second-order valence-corrected chi connectivity index (χ2v) is 14.8. The van der Waals surface area contributed by atoms with E-state index in [1.165, 1.54) is 72.7 Å². The molecule has 0 spiro atoms. The lowest BCUT2D eigenvalue weighted by Crippen LogP contribution is -2.01. The molecule has 0 N–H and O–H groups in total. The van der Waals surface area contributed by atoms with Gasteiger partial charge in [-0.15, -0.1) is 22.7 Å². The Labute approximate surface area is 294 Å². The standard InChI is InChI=1S/C45H25N3S2/c1-2-13-28(14-3-1)43-46-44(34-18-10-20-37-39(34)32-17-8-9-19-36(32)49-37)48-45(47-43)35-25-29-22-21-26-11-4-6-15-30(26)38(29)42-40(35)33-24-23-27-12-5-7-16-31(27)41(33)50-42/h1-25H. The zero-order valence-corrected chi connectivity index (χ0v) is 28.2. The largest absolute Gasteiger partial charge is 0.208 e. The maximum absolute atomic E-state index is 5.39. The van der Waals surface area contributed by atoms with Crippen molar-refractivity contribution in [1.82, 2.24) is 15.0 Å². The highest BCUT2D eigenvalue weighted by Crippen LogP contribution is 2.48. The van der Waals surface area contributed by atoms with Crippen molar-refractivity contribution in [3.8, 4) is 34.2 Å². The number of rotatable bonds is 3. The van der Waals surface area contributed by atoms with E-state index in [0.29, 0.717) is 17.5 Å². The molecule has 8 aromatic carbocycles. The predicted molar refractivity (Wildman–Crippen MR) is 214 cm³/mol. The van der Waals surface area contributed by atoms with Crippen molar-refractivity contribution in [2.75, 3.05) is 0 Å². The monoisotopic (exact) mass is 671 g/mol. The quantitative estimate of drug-likeness (QED) is 0.176. The van der Waals surface area contributed by atoms with Crippen molar-refractivity contribution in [2.24, 2.45) is 0 Å². The van der Waals surface area contributed by atoms with Gasteiger partial charge in [0.05, 0.1) is 0 Å². The van der Waals surface area contributed by atoms with Gasteiger partial charge in [-0.25, -0.2) is 15.0 Å². The molecular weight excluding hydrogens is 647 g/mol. The molecule has 0 radical (unpaired) electrons. The van der Waals surface area contributed by atoms with Crippen LogP contribution in [0.4, 0.5) is 0 Å². The third kappa shape index (κ3) is 4.11. The summed E-state index contributed by atoms with van der Waals surface area (Å²) >= 11 is 3.69. The van der Waals surface area contributed by atoms with Gasteiger partial charge in [-0.2, -0.15) is 0 Å². The summed E-state index contributed by atoms with van der Waals surface area (Å²) < 4.78 is 5.03. The summed E-state index contributed by atoms with van der Waals surface area (Å²) in [6, 6.07) is 54.1. The molecule has 3 aromatic heterocycles. The van der Waals surface area contributed by atoms with Crippen molar-refractivity contribution in [2.45, 2.75) is 0 Å². The van der Waals surface area contributed by atoms with E-state index in [9.17, 15) is 0 Å². The Kier molecular flexibility index (Phi) is 5.99. The Morgan fingerprint density at radius 1 is 0.340 bits per heavy atom. The van der Waals surface area contributed by atoms with E-state index in [-0.39, 0.29) is 0 Å². The third-order valence-electron chi connectivity index (χ3n) is 9.89. The highest BCUT2D eigenvalue weighted by Gasteiger charge is 2.22. The number of nitrogens with zero attached hydrogens (tertiary/aromatic N) is 3. The van der Waals surface area contributed by atoms with Crippen molar-refractivity contribution in [1.29, 1.82) is 0 Å². The molecule has 0 saturated heterocycles. The fraction of sp³-hybridized carbons (Fsp3) is 0. The fourth-order valence-electron chi connectivity index (χ4n) is 7.63. The van der Waals surface area contributed by atoms with Crippen LogP contribution in [0.15, 0.2) is 152 Å². The normalized spacial score (nSPS) is 12.0. The number of thiophene rings is 2. The smallest absolute Gasteiger partial charge is 0.164 e. The molecule has 232 valence electrons. The molecule has 3 nitrogen and oxygen atoms in total. The average molecular weight is 672 g/mol. The summed E-state index contributed by atoms with van der Waals surface area (Å²) in [6.45, 7) is 0. The Hall–Kier alpha value is -6.01. The third-order valence-corrected chi connectivity index (χ3v) is 12.3. The van der Waals surface area contributed by atoms with Crippen molar-refractivity contribution >= 4 is 95.3 Å². The van der Waals surface area contributed by atoms with E-state index in [4.69, 9.17) is 15.0 Å². The van der Waals surface area contributed by atoms with E-state index in [0.717, 1.165) is 16.7 Å². The Morgan fingerprint density at radius 3 is 1.84 bits per heavy atom. The highest BCUT2D eigenvalue weighted by atomic mass is 32.1. The average Bonchev–Trinajstić information content (AvgIpc) is 3.77. The minimum absolute atomic E-state index is 0.666. The molecule has 0 unspecified atom stereocenters. The van der Waals surface area contributed by atoms with Crippen LogP contribution in [-0.2, 0) is 0 Å². The Morgan fingerprint density at radius 2 is 0.980 bits per heavy atom. The topological polar surface area (TPSA) is 38.7 Å². The van der Waals surface area contributed by atoms with Crippen LogP contribution < -0.4 is 0 Å². The van der Waals surface area contributed by atoms with E-state index in [1.807, 2.05) is 40.9 Å². The van der Waals surface area contributed by atoms with E-state index >= 15 is 0 Å². The first-order valence-corrected chi connectivity index (χ1v) is 18.3. The van der Waals surface area contributed by atoms with Crippen LogP contribution in [0.25, 0.3) is 107 Å². The summed E-state index contributed by atoms with van der Waals surface area (Å²) in [5.74, 6) is 2.02. The van der Waals surface area contributed by atoms with Gasteiger partial charge in [-0.1, -0.05) is 133 Å². The molecule has 0 aliphatic rings. The zero-order chi connectivity index (χ0) is 32.8. The number of aromatic nitrogens is 3. The minimum atomic E-state index is 0.666. The van der Waals surface area contributed by atoms with Gasteiger partial charge < -0.3 is 0 Å². The number of fused-ring (bicyclic) bond motifs is 12. The van der Waals surface area contributed by atoms with E-state index in [2.05, 4.69) is 133 Å². The van der Waals surface area contributed by atoms with Gasteiger partial charge in [0.1, 0.15) is 0 Å². The van der Waals surface area contributed by atoms with Crippen LogP contribution in [0, 0.1) is 0 Å². The SMILES string of the molecule is c1ccc(-c2nc(-c3cccc4sc5ccccc5c34)nc(-c3cc4ccc5ccccc5c4c4sc5c6ccccc6ccc5c34)n2)cc1. The first-order chi connectivity index (χ1) is 24.8. The van der Waals surface area contributed by atoms with E-state index < -0.39 is 0 Å². The lowest BCUT2D eigenvalue weighted by Gasteiger charge is -2.13. The zero-order valence-electron chi connectivity index (χ0n) is 26.6. The van der Waals surface area contributed by atoms with E-state index in [1.54, 1.807) is 0 Å². The molecule has 11 aromatic rings. The van der Waals surface area contributed by atoms with Crippen LogP contribution >= 0.6 is 22.7 Å². The van der Waals surface area contributed by atoms with Gasteiger partial charge in [-0.05, 0) is 45.1 Å². The molecule has 5 heteroatoms. The Balaban J connectivity index is 1.29. The molecule has 3 heterocycles. The summed E-state index contributed by atoms with van der Waals surface area (Å²) in [7, 11) is 0. The maximum atomic E-state index is 5.39. The van der Waals surface area contributed by atoms with Crippen molar-refractivity contribution in [3.63, 3.8) is 0 Å². The maximum Gasteiger partial charge on any atom is 0.164 e. The fourth-order valence-corrected chi connectivity index (χ4v) is 10.2. The molecular formula is C45H25N3S2. The molecule has 50 heavy (non-hydrogen) atoms. The van der Waals surface area contributed by atoms with Gasteiger partial charge in [0.2, 0.25) is 0 Å². The summed E-state index contributed by atoms with van der Waals surface area (Å²) in [5.41, 5.74) is 3.00. The molecule has 0 atom stereocenters. The second-order valence-electron chi connectivity index (χ2n) is 12.7. The molecule has 11 rings (SSSR count). The molecule has 0 saturated carbocycles. The summed E-state index contributed by atoms with van der Waals surface area (Å²) in [4.78, 5) is 15.9. The van der Waals surface area contributed by atoms with Crippen LogP contribution in [0.3, 0.4) is 0 Å².